The van der Waals surface area contributed by atoms with E-state index in [0.29, 0.717) is 18.6 Å². The molecule has 0 aromatic rings. The van der Waals surface area contributed by atoms with Crippen LogP contribution in [0.3, 0.4) is 0 Å². The number of amides is 1. The Kier molecular flexibility index (Phi) is 6.21. The lowest BCUT2D eigenvalue weighted by atomic mass is 10.2. The summed E-state index contributed by atoms with van der Waals surface area (Å²) in [4.78, 5) is 11.6. The molecule has 94 valence electrons. The summed E-state index contributed by atoms with van der Waals surface area (Å²) in [5.74, 6) is 0.145. The van der Waals surface area contributed by atoms with Crippen molar-refractivity contribution in [1.29, 1.82) is 0 Å². The lowest BCUT2D eigenvalue weighted by Crippen LogP contribution is -2.41. The Balaban J connectivity index is 2.15. The van der Waals surface area contributed by atoms with Crippen LogP contribution in [0.5, 0.6) is 0 Å². The van der Waals surface area contributed by atoms with Crippen LogP contribution in [0.4, 0.5) is 0 Å². The van der Waals surface area contributed by atoms with E-state index in [-0.39, 0.29) is 5.91 Å². The van der Waals surface area contributed by atoms with E-state index >= 15 is 0 Å². The van der Waals surface area contributed by atoms with Crippen molar-refractivity contribution in [3.63, 3.8) is 0 Å². The van der Waals surface area contributed by atoms with Crippen molar-refractivity contribution in [2.45, 2.75) is 56.9 Å². The minimum atomic E-state index is 0.145. The zero-order chi connectivity index (χ0) is 12.0. The SMILES string of the molecule is CCC(C)NCC(=O)NC1CCC(SC)C1. The maximum Gasteiger partial charge on any atom is 0.234 e. The van der Waals surface area contributed by atoms with E-state index in [0.717, 1.165) is 24.5 Å². The van der Waals surface area contributed by atoms with Crippen LogP contribution in [0.2, 0.25) is 0 Å². The molecular formula is C12H24N2OS. The van der Waals surface area contributed by atoms with Gasteiger partial charge in [-0.15, -0.1) is 0 Å². The summed E-state index contributed by atoms with van der Waals surface area (Å²) in [5.41, 5.74) is 0. The predicted molar refractivity (Wildman–Crippen MR) is 70.8 cm³/mol. The lowest BCUT2D eigenvalue weighted by Gasteiger charge is -2.15. The van der Waals surface area contributed by atoms with Crippen molar-refractivity contribution in [3.05, 3.63) is 0 Å². The molecule has 1 aliphatic rings. The number of rotatable bonds is 6. The zero-order valence-corrected chi connectivity index (χ0v) is 11.4. The molecule has 0 aromatic carbocycles. The van der Waals surface area contributed by atoms with Gasteiger partial charge in [0.25, 0.3) is 0 Å². The third-order valence-corrected chi connectivity index (χ3v) is 4.40. The molecule has 0 aliphatic heterocycles. The van der Waals surface area contributed by atoms with Crippen LogP contribution in [0.15, 0.2) is 0 Å². The number of hydrogen-bond acceptors (Lipinski definition) is 3. The van der Waals surface area contributed by atoms with Crippen molar-refractivity contribution < 1.29 is 4.79 Å². The number of carbonyl (C=O) groups is 1. The van der Waals surface area contributed by atoms with Gasteiger partial charge in [0.15, 0.2) is 0 Å². The summed E-state index contributed by atoms with van der Waals surface area (Å²) >= 11 is 1.92. The second-order valence-corrected chi connectivity index (χ2v) is 5.76. The third-order valence-electron chi connectivity index (χ3n) is 3.31. The highest BCUT2D eigenvalue weighted by Gasteiger charge is 2.24. The number of thioether (sulfide) groups is 1. The average Bonchev–Trinajstić information content (AvgIpc) is 2.73. The zero-order valence-electron chi connectivity index (χ0n) is 10.6. The highest BCUT2D eigenvalue weighted by atomic mass is 32.2. The van der Waals surface area contributed by atoms with Gasteiger partial charge in [-0.3, -0.25) is 4.79 Å². The van der Waals surface area contributed by atoms with E-state index in [1.165, 1.54) is 6.42 Å². The predicted octanol–water partition coefficient (Wildman–Crippen LogP) is 1.77. The Morgan fingerprint density at radius 3 is 2.81 bits per heavy atom. The highest BCUT2D eigenvalue weighted by molar-refractivity contribution is 7.99. The van der Waals surface area contributed by atoms with Crippen molar-refractivity contribution >= 4 is 17.7 Å². The van der Waals surface area contributed by atoms with E-state index in [1.54, 1.807) is 0 Å². The molecule has 1 rings (SSSR count). The summed E-state index contributed by atoms with van der Waals surface area (Å²) in [7, 11) is 0. The molecule has 1 fully saturated rings. The van der Waals surface area contributed by atoms with Crippen molar-refractivity contribution in [2.24, 2.45) is 0 Å². The van der Waals surface area contributed by atoms with Gasteiger partial charge in [0.05, 0.1) is 6.54 Å². The van der Waals surface area contributed by atoms with Crippen molar-refractivity contribution in [1.82, 2.24) is 10.6 Å². The summed E-state index contributed by atoms with van der Waals surface area (Å²) in [6.07, 6.45) is 6.73. The first kappa shape index (κ1) is 13.8. The largest absolute Gasteiger partial charge is 0.352 e. The monoisotopic (exact) mass is 244 g/mol. The molecule has 1 amide bonds. The maximum absolute atomic E-state index is 11.6. The molecule has 16 heavy (non-hydrogen) atoms. The second kappa shape index (κ2) is 7.17. The van der Waals surface area contributed by atoms with Crippen LogP contribution in [-0.2, 0) is 4.79 Å². The van der Waals surface area contributed by atoms with Gasteiger partial charge < -0.3 is 10.6 Å². The summed E-state index contributed by atoms with van der Waals surface area (Å²) in [5, 5.41) is 7.07. The summed E-state index contributed by atoms with van der Waals surface area (Å²) in [6, 6.07) is 0.831. The topological polar surface area (TPSA) is 41.1 Å². The number of hydrogen-bond donors (Lipinski definition) is 2. The van der Waals surface area contributed by atoms with E-state index in [4.69, 9.17) is 0 Å². The smallest absolute Gasteiger partial charge is 0.234 e. The van der Waals surface area contributed by atoms with Gasteiger partial charge in [-0.2, -0.15) is 11.8 Å². The fraction of sp³-hybridized carbons (Fsp3) is 0.917. The molecule has 3 atom stereocenters. The van der Waals surface area contributed by atoms with Gasteiger partial charge in [-0.1, -0.05) is 6.92 Å². The molecule has 2 N–H and O–H groups in total. The van der Waals surface area contributed by atoms with Crippen LogP contribution in [-0.4, -0.2) is 36.0 Å². The fourth-order valence-electron chi connectivity index (χ4n) is 1.98. The normalized spacial score (nSPS) is 26.7. The maximum atomic E-state index is 11.6. The molecule has 0 bridgehead atoms. The lowest BCUT2D eigenvalue weighted by molar-refractivity contribution is -0.121. The van der Waals surface area contributed by atoms with Gasteiger partial charge in [0, 0.05) is 17.3 Å². The van der Waals surface area contributed by atoms with E-state index in [1.807, 2.05) is 11.8 Å². The molecule has 0 heterocycles. The highest BCUT2D eigenvalue weighted by Crippen LogP contribution is 2.27. The molecule has 0 radical (unpaired) electrons. The van der Waals surface area contributed by atoms with Crippen LogP contribution in [0, 0.1) is 0 Å². The molecule has 0 saturated heterocycles. The summed E-state index contributed by atoms with van der Waals surface area (Å²) in [6.45, 7) is 4.68. The van der Waals surface area contributed by atoms with Crippen LogP contribution in [0.1, 0.15) is 39.5 Å². The first-order valence-corrected chi connectivity index (χ1v) is 7.50. The minimum Gasteiger partial charge on any atom is -0.352 e. The Bertz CT molecular complexity index is 223. The molecule has 0 spiro atoms. The first-order valence-electron chi connectivity index (χ1n) is 6.21. The molecule has 3 nitrogen and oxygen atoms in total. The van der Waals surface area contributed by atoms with Crippen molar-refractivity contribution in [3.8, 4) is 0 Å². The first-order chi connectivity index (χ1) is 7.65. The van der Waals surface area contributed by atoms with Gasteiger partial charge in [-0.25, -0.2) is 0 Å². The number of nitrogens with one attached hydrogen (secondary N) is 2. The molecular weight excluding hydrogens is 220 g/mol. The van der Waals surface area contributed by atoms with E-state index < -0.39 is 0 Å². The standard InChI is InChI=1S/C12H24N2OS/c1-4-9(2)13-8-12(15)14-10-5-6-11(7-10)16-3/h9-11,13H,4-8H2,1-3H3,(H,14,15). The minimum absolute atomic E-state index is 0.145. The molecule has 4 heteroatoms. The number of carbonyl (C=O) groups excluding carboxylic acids is 1. The van der Waals surface area contributed by atoms with Crippen LogP contribution < -0.4 is 10.6 Å². The Hall–Kier alpha value is -0.220. The Morgan fingerprint density at radius 2 is 2.25 bits per heavy atom. The average molecular weight is 244 g/mol. The van der Waals surface area contributed by atoms with E-state index in [2.05, 4.69) is 30.7 Å². The molecule has 3 unspecified atom stereocenters. The van der Waals surface area contributed by atoms with Gasteiger partial charge >= 0.3 is 0 Å². The van der Waals surface area contributed by atoms with Crippen LogP contribution in [0.25, 0.3) is 0 Å². The second-order valence-electron chi connectivity index (χ2n) is 4.63. The molecule has 0 aromatic heterocycles. The van der Waals surface area contributed by atoms with Gasteiger partial charge in [0.2, 0.25) is 5.91 Å². The quantitative estimate of drug-likeness (QED) is 0.748. The molecule has 1 saturated carbocycles. The molecule has 1 aliphatic carbocycles. The Morgan fingerprint density at radius 1 is 1.50 bits per heavy atom. The van der Waals surface area contributed by atoms with Gasteiger partial charge in [-0.05, 0) is 38.9 Å². The Labute approximate surface area is 103 Å². The fourth-order valence-corrected chi connectivity index (χ4v) is 2.77. The van der Waals surface area contributed by atoms with E-state index in [9.17, 15) is 4.79 Å². The third kappa shape index (κ3) is 4.74. The van der Waals surface area contributed by atoms with Crippen LogP contribution >= 0.6 is 11.8 Å². The summed E-state index contributed by atoms with van der Waals surface area (Å²) < 4.78 is 0. The van der Waals surface area contributed by atoms with Crippen molar-refractivity contribution in [2.75, 3.05) is 12.8 Å². The van der Waals surface area contributed by atoms with Gasteiger partial charge in [0.1, 0.15) is 0 Å².